The Balaban J connectivity index is 2.42. The summed E-state index contributed by atoms with van der Waals surface area (Å²) in [6.45, 7) is 6.61. The maximum atomic E-state index is 5.89. The van der Waals surface area contributed by atoms with Gasteiger partial charge in [-0.1, -0.05) is 55.9 Å². The van der Waals surface area contributed by atoms with Crippen molar-refractivity contribution in [1.82, 2.24) is 4.98 Å². The molecule has 0 saturated carbocycles. The molecule has 1 atom stereocenters. The third-order valence-corrected chi connectivity index (χ3v) is 4.30. The summed E-state index contributed by atoms with van der Waals surface area (Å²) in [6, 6.07) is 8.43. The minimum Gasteiger partial charge on any atom is -0.375 e. The van der Waals surface area contributed by atoms with Gasteiger partial charge in [-0.3, -0.25) is 0 Å². The van der Waals surface area contributed by atoms with Crippen molar-refractivity contribution in [1.29, 1.82) is 0 Å². The predicted octanol–water partition coefficient (Wildman–Crippen LogP) is 4.29. The fraction of sp³-hybridized carbons (Fsp3) is 0.400. The first-order valence-corrected chi connectivity index (χ1v) is 7.24. The molecule has 2 nitrogen and oxygen atoms in total. The maximum Gasteiger partial charge on any atom is 0.180 e. The summed E-state index contributed by atoms with van der Waals surface area (Å²) in [5, 5.41) is 0.673. The number of aromatic nitrogens is 1. The van der Waals surface area contributed by atoms with Gasteiger partial charge in [0, 0.05) is 0 Å². The zero-order valence-electron chi connectivity index (χ0n) is 11.2. The number of benzene rings is 1. The van der Waals surface area contributed by atoms with Gasteiger partial charge in [0.05, 0.1) is 10.6 Å². The van der Waals surface area contributed by atoms with Gasteiger partial charge in [-0.2, -0.15) is 0 Å². The van der Waals surface area contributed by atoms with Crippen molar-refractivity contribution in [2.45, 2.75) is 33.6 Å². The number of nitrogens with two attached hydrogens (primary N) is 1. The molecule has 0 saturated heterocycles. The van der Waals surface area contributed by atoms with E-state index in [1.807, 2.05) is 0 Å². The van der Waals surface area contributed by atoms with Crippen LogP contribution in [0.5, 0.6) is 0 Å². The molecule has 0 fully saturated rings. The summed E-state index contributed by atoms with van der Waals surface area (Å²) < 4.78 is 0. The van der Waals surface area contributed by atoms with E-state index >= 15 is 0 Å². The van der Waals surface area contributed by atoms with Crippen LogP contribution < -0.4 is 5.73 Å². The Morgan fingerprint density at radius 3 is 2.72 bits per heavy atom. The monoisotopic (exact) mass is 260 g/mol. The minimum atomic E-state index is 0.647. The van der Waals surface area contributed by atoms with Crippen LogP contribution in [-0.2, 0) is 6.42 Å². The number of nitrogen functional groups attached to an aromatic ring is 1. The second-order valence-electron chi connectivity index (χ2n) is 4.86. The van der Waals surface area contributed by atoms with Gasteiger partial charge in [0.1, 0.15) is 0 Å². The summed E-state index contributed by atoms with van der Waals surface area (Å²) in [6.07, 6.45) is 2.18. The second-order valence-corrected chi connectivity index (χ2v) is 5.89. The Labute approximate surface area is 113 Å². The van der Waals surface area contributed by atoms with E-state index in [2.05, 4.69) is 50.0 Å². The highest BCUT2D eigenvalue weighted by atomic mass is 32.1. The third kappa shape index (κ3) is 2.72. The minimum absolute atomic E-state index is 0.647. The third-order valence-electron chi connectivity index (χ3n) is 3.34. The summed E-state index contributed by atoms with van der Waals surface area (Å²) in [5.74, 6) is 0.647. The van der Waals surface area contributed by atoms with Crippen LogP contribution in [0.25, 0.3) is 10.4 Å². The van der Waals surface area contributed by atoms with Gasteiger partial charge in [-0.25, -0.2) is 4.98 Å². The highest BCUT2D eigenvalue weighted by Crippen LogP contribution is 2.35. The van der Waals surface area contributed by atoms with Gasteiger partial charge in [0.2, 0.25) is 0 Å². The lowest BCUT2D eigenvalue weighted by Gasteiger charge is -2.09. The molecule has 0 aliphatic heterocycles. The topological polar surface area (TPSA) is 38.9 Å². The Hall–Kier alpha value is -1.35. The summed E-state index contributed by atoms with van der Waals surface area (Å²) in [4.78, 5) is 5.75. The molecule has 0 radical (unpaired) electrons. The van der Waals surface area contributed by atoms with Crippen LogP contribution in [0.2, 0.25) is 0 Å². The lowest BCUT2D eigenvalue weighted by atomic mass is 9.99. The Kier molecular flexibility index (Phi) is 4.02. The van der Waals surface area contributed by atoms with Crippen LogP contribution in [0.1, 0.15) is 31.5 Å². The molecule has 2 aromatic rings. The van der Waals surface area contributed by atoms with Crippen molar-refractivity contribution >= 4 is 16.5 Å². The number of rotatable bonds is 4. The van der Waals surface area contributed by atoms with Crippen molar-refractivity contribution in [2.75, 3.05) is 5.73 Å². The smallest absolute Gasteiger partial charge is 0.180 e. The summed E-state index contributed by atoms with van der Waals surface area (Å²) in [5.41, 5.74) is 9.60. The lowest BCUT2D eigenvalue weighted by Crippen LogP contribution is -2.00. The van der Waals surface area contributed by atoms with Crippen LogP contribution in [0.15, 0.2) is 24.3 Å². The van der Waals surface area contributed by atoms with Crippen LogP contribution in [0, 0.1) is 12.8 Å². The predicted molar refractivity (Wildman–Crippen MR) is 79.9 cm³/mol. The molecule has 0 spiro atoms. The van der Waals surface area contributed by atoms with Gasteiger partial charge in [-0.15, -0.1) is 0 Å². The van der Waals surface area contributed by atoms with E-state index in [0.29, 0.717) is 11.0 Å². The van der Waals surface area contributed by atoms with Crippen LogP contribution in [-0.4, -0.2) is 4.98 Å². The molecular formula is C15H20N2S. The Bertz CT molecular complexity index is 531. The average molecular weight is 260 g/mol. The molecule has 0 aliphatic carbocycles. The Morgan fingerprint density at radius 2 is 2.06 bits per heavy atom. The quantitative estimate of drug-likeness (QED) is 0.890. The SMILES string of the molecule is CCC(C)Cc1nc(N)sc1-c1ccccc1C. The molecule has 2 rings (SSSR count). The molecule has 96 valence electrons. The standard InChI is InChI=1S/C15H20N2S/c1-4-10(2)9-13-14(18-15(16)17-13)12-8-6-5-7-11(12)3/h5-8,10H,4,9H2,1-3H3,(H2,16,17). The van der Waals surface area contributed by atoms with Gasteiger partial charge in [0.25, 0.3) is 0 Å². The number of anilines is 1. The number of hydrogen-bond acceptors (Lipinski definition) is 3. The van der Waals surface area contributed by atoms with Gasteiger partial charge in [0.15, 0.2) is 5.13 Å². The highest BCUT2D eigenvalue weighted by Gasteiger charge is 2.15. The maximum absolute atomic E-state index is 5.89. The van der Waals surface area contributed by atoms with Crippen LogP contribution in [0.3, 0.4) is 0 Å². The number of nitrogens with zero attached hydrogens (tertiary/aromatic N) is 1. The molecular weight excluding hydrogens is 240 g/mol. The first-order valence-electron chi connectivity index (χ1n) is 6.43. The van der Waals surface area contributed by atoms with E-state index in [-0.39, 0.29) is 0 Å². The van der Waals surface area contributed by atoms with Crippen LogP contribution >= 0.6 is 11.3 Å². The number of aryl methyl sites for hydroxylation is 1. The van der Waals surface area contributed by atoms with E-state index in [1.165, 1.54) is 22.4 Å². The fourth-order valence-corrected chi connectivity index (χ4v) is 2.97. The average Bonchev–Trinajstić information content (AvgIpc) is 2.70. The molecule has 1 heterocycles. The van der Waals surface area contributed by atoms with Crippen molar-refractivity contribution in [2.24, 2.45) is 5.92 Å². The van der Waals surface area contributed by atoms with E-state index < -0.39 is 0 Å². The lowest BCUT2D eigenvalue weighted by molar-refractivity contribution is 0.555. The highest BCUT2D eigenvalue weighted by molar-refractivity contribution is 7.18. The number of hydrogen-bond donors (Lipinski definition) is 1. The zero-order chi connectivity index (χ0) is 13.1. The van der Waals surface area contributed by atoms with Gasteiger partial charge < -0.3 is 5.73 Å². The molecule has 0 amide bonds. The van der Waals surface area contributed by atoms with Gasteiger partial charge in [-0.05, 0) is 30.4 Å². The van der Waals surface area contributed by atoms with Crippen molar-refractivity contribution < 1.29 is 0 Å². The molecule has 1 aromatic heterocycles. The summed E-state index contributed by atoms with van der Waals surface area (Å²) in [7, 11) is 0. The zero-order valence-corrected chi connectivity index (χ0v) is 12.1. The molecule has 0 aliphatic rings. The molecule has 0 bridgehead atoms. The van der Waals surface area contributed by atoms with Crippen molar-refractivity contribution in [3.63, 3.8) is 0 Å². The molecule has 18 heavy (non-hydrogen) atoms. The van der Waals surface area contributed by atoms with Crippen LogP contribution in [0.4, 0.5) is 5.13 Å². The normalized spacial score (nSPS) is 12.6. The molecule has 2 N–H and O–H groups in total. The Morgan fingerprint density at radius 1 is 1.33 bits per heavy atom. The number of thiazole rings is 1. The fourth-order valence-electron chi connectivity index (χ4n) is 2.02. The molecule has 3 heteroatoms. The molecule has 1 aromatic carbocycles. The van der Waals surface area contributed by atoms with Crippen molar-refractivity contribution in [3.05, 3.63) is 35.5 Å². The van der Waals surface area contributed by atoms with E-state index in [1.54, 1.807) is 11.3 Å². The first kappa shape index (κ1) is 13.1. The molecule has 1 unspecified atom stereocenters. The largest absolute Gasteiger partial charge is 0.375 e. The van der Waals surface area contributed by atoms with E-state index in [9.17, 15) is 0 Å². The van der Waals surface area contributed by atoms with Crippen molar-refractivity contribution in [3.8, 4) is 10.4 Å². The first-order chi connectivity index (χ1) is 8.61. The van der Waals surface area contributed by atoms with Gasteiger partial charge >= 0.3 is 0 Å². The summed E-state index contributed by atoms with van der Waals surface area (Å²) >= 11 is 1.60. The van der Waals surface area contributed by atoms with E-state index in [0.717, 1.165) is 12.1 Å². The second kappa shape index (κ2) is 5.53. The van der Waals surface area contributed by atoms with E-state index in [4.69, 9.17) is 5.73 Å².